The summed E-state index contributed by atoms with van der Waals surface area (Å²) in [6, 6.07) is 10.9. The number of aliphatic hydroxyl groups excluding tert-OH is 1. The molecule has 3 fully saturated rings. The molecule has 0 saturated heterocycles. The molecule has 154 valence electrons. The van der Waals surface area contributed by atoms with E-state index in [1.165, 1.54) is 0 Å². The molecule has 3 aromatic rings. The van der Waals surface area contributed by atoms with Gasteiger partial charge in [0.25, 0.3) is 5.91 Å². The molecule has 1 aliphatic heterocycles. The summed E-state index contributed by atoms with van der Waals surface area (Å²) in [7, 11) is 0. The molecule has 3 aliphatic carbocycles. The summed E-state index contributed by atoms with van der Waals surface area (Å²) in [4.78, 5) is 12.9. The monoisotopic (exact) mass is 443 g/mol. The van der Waals surface area contributed by atoms with E-state index in [1.54, 1.807) is 18.2 Å². The Morgan fingerprint density at radius 3 is 2.70 bits per heavy atom. The number of benzene rings is 2. The predicted molar refractivity (Wildman–Crippen MR) is 113 cm³/mol. The van der Waals surface area contributed by atoms with E-state index in [9.17, 15) is 9.90 Å². The van der Waals surface area contributed by atoms with Gasteiger partial charge in [0, 0.05) is 33.0 Å². The predicted octanol–water partition coefficient (Wildman–Crippen LogP) is 3.98. The maximum Gasteiger partial charge on any atom is 0.261 e. The maximum absolute atomic E-state index is 12.9. The van der Waals surface area contributed by atoms with Gasteiger partial charge in [-0.2, -0.15) is 5.10 Å². The smallest absolute Gasteiger partial charge is 0.261 e. The van der Waals surface area contributed by atoms with Crippen LogP contribution >= 0.6 is 23.2 Å². The Labute approximate surface area is 182 Å². The number of amides is 1. The first-order valence-corrected chi connectivity index (χ1v) is 10.7. The third-order valence-electron chi connectivity index (χ3n) is 6.70. The summed E-state index contributed by atoms with van der Waals surface area (Å²) in [6.45, 7) is 0. The van der Waals surface area contributed by atoms with Crippen LogP contribution in [0.4, 0.5) is 0 Å². The van der Waals surface area contributed by atoms with Crippen LogP contribution in [0.1, 0.15) is 37.4 Å². The number of ether oxygens (including phenoxy) is 1. The number of halogens is 2. The molecule has 7 rings (SSSR count). The highest BCUT2D eigenvalue weighted by molar-refractivity contribution is 6.31. The number of hydrogen-bond acceptors (Lipinski definition) is 4. The lowest BCUT2D eigenvalue weighted by Gasteiger charge is -2.70. The van der Waals surface area contributed by atoms with Crippen LogP contribution in [0.25, 0.3) is 10.9 Å². The molecule has 2 atom stereocenters. The second-order valence-electron chi connectivity index (χ2n) is 8.82. The van der Waals surface area contributed by atoms with Gasteiger partial charge < -0.3 is 15.2 Å². The number of rotatable bonds is 3. The highest BCUT2D eigenvalue weighted by Crippen LogP contribution is 2.65. The second-order valence-corrected chi connectivity index (χ2v) is 9.70. The minimum absolute atomic E-state index is 0.0425. The molecule has 3 saturated carbocycles. The fourth-order valence-corrected chi connectivity index (χ4v) is 5.76. The zero-order chi connectivity index (χ0) is 20.7. The Morgan fingerprint density at radius 1 is 1.17 bits per heavy atom. The molecule has 2 N–H and O–H groups in total. The van der Waals surface area contributed by atoms with Crippen molar-refractivity contribution in [3.05, 3.63) is 58.2 Å². The molecule has 0 radical (unpaired) electrons. The SMILES string of the molecule is O=C(NC12CC(n3ncc4cc(Cl)ccc43)(C1)C2)[C@H]1C[C@@H](O)c2cc(Cl)ccc2O1. The minimum Gasteiger partial charge on any atom is -0.480 e. The molecule has 0 unspecified atom stereocenters. The van der Waals surface area contributed by atoms with Crippen LogP contribution in [-0.2, 0) is 10.3 Å². The Kier molecular flexibility index (Phi) is 3.77. The summed E-state index contributed by atoms with van der Waals surface area (Å²) in [5.74, 6) is 0.328. The van der Waals surface area contributed by atoms with Gasteiger partial charge in [-0.3, -0.25) is 9.48 Å². The van der Waals surface area contributed by atoms with Crippen molar-refractivity contribution < 1.29 is 14.6 Å². The van der Waals surface area contributed by atoms with E-state index in [-0.39, 0.29) is 23.4 Å². The van der Waals surface area contributed by atoms with Gasteiger partial charge in [0.15, 0.2) is 6.10 Å². The van der Waals surface area contributed by atoms with Crippen molar-refractivity contribution in [2.75, 3.05) is 0 Å². The lowest BCUT2D eigenvalue weighted by molar-refractivity contribution is -0.163. The van der Waals surface area contributed by atoms with E-state index < -0.39 is 12.2 Å². The van der Waals surface area contributed by atoms with E-state index in [0.717, 1.165) is 30.2 Å². The van der Waals surface area contributed by atoms with Gasteiger partial charge in [-0.1, -0.05) is 23.2 Å². The van der Waals surface area contributed by atoms with Crippen molar-refractivity contribution in [3.8, 4) is 5.75 Å². The second kappa shape index (κ2) is 6.13. The van der Waals surface area contributed by atoms with E-state index >= 15 is 0 Å². The Balaban J connectivity index is 1.15. The number of nitrogens with zero attached hydrogens (tertiary/aromatic N) is 2. The molecule has 1 aromatic heterocycles. The summed E-state index contributed by atoms with van der Waals surface area (Å²) in [5, 5.41) is 20.4. The van der Waals surface area contributed by atoms with Gasteiger partial charge in [0.05, 0.1) is 23.4 Å². The van der Waals surface area contributed by atoms with Crippen molar-refractivity contribution in [2.24, 2.45) is 0 Å². The Morgan fingerprint density at radius 2 is 1.90 bits per heavy atom. The van der Waals surface area contributed by atoms with Crippen LogP contribution in [0.3, 0.4) is 0 Å². The van der Waals surface area contributed by atoms with Crippen molar-refractivity contribution in [2.45, 2.75) is 49.0 Å². The number of nitrogens with one attached hydrogen (secondary N) is 1. The molecule has 2 heterocycles. The minimum atomic E-state index is -0.773. The third-order valence-corrected chi connectivity index (χ3v) is 7.17. The number of carbonyl (C=O) groups excluding carboxylic acids is 1. The number of carbonyl (C=O) groups is 1. The molecular weight excluding hydrogens is 425 g/mol. The van der Waals surface area contributed by atoms with Gasteiger partial charge in [0.2, 0.25) is 0 Å². The summed E-state index contributed by atoms with van der Waals surface area (Å²) >= 11 is 12.1. The first-order chi connectivity index (χ1) is 14.4. The van der Waals surface area contributed by atoms with E-state index in [2.05, 4.69) is 15.1 Å². The van der Waals surface area contributed by atoms with Crippen LogP contribution in [0.2, 0.25) is 10.0 Å². The fourth-order valence-electron chi connectivity index (χ4n) is 5.39. The molecule has 2 bridgehead atoms. The number of fused-ring (bicyclic) bond motifs is 2. The van der Waals surface area contributed by atoms with E-state index in [4.69, 9.17) is 27.9 Å². The Bertz CT molecular complexity index is 1190. The first kappa shape index (κ1) is 18.5. The quantitative estimate of drug-likeness (QED) is 0.641. The van der Waals surface area contributed by atoms with Crippen LogP contribution < -0.4 is 10.1 Å². The van der Waals surface area contributed by atoms with Gasteiger partial charge in [-0.25, -0.2) is 0 Å². The van der Waals surface area contributed by atoms with Gasteiger partial charge >= 0.3 is 0 Å². The summed E-state index contributed by atoms with van der Waals surface area (Å²) in [6.07, 6.45) is 3.08. The number of aliphatic hydroxyl groups is 1. The molecule has 8 heteroatoms. The van der Waals surface area contributed by atoms with Gasteiger partial charge in [-0.15, -0.1) is 0 Å². The van der Waals surface area contributed by atoms with E-state index in [0.29, 0.717) is 21.4 Å². The van der Waals surface area contributed by atoms with Crippen LogP contribution in [0.5, 0.6) is 5.75 Å². The average molecular weight is 444 g/mol. The topological polar surface area (TPSA) is 76.4 Å². The first-order valence-electron chi connectivity index (χ1n) is 9.97. The molecule has 1 amide bonds. The Hall–Kier alpha value is -2.28. The van der Waals surface area contributed by atoms with Crippen molar-refractivity contribution in [1.29, 1.82) is 0 Å². The van der Waals surface area contributed by atoms with Crippen LogP contribution in [-0.4, -0.2) is 32.4 Å². The average Bonchev–Trinajstić information content (AvgIpc) is 3.06. The fraction of sp³-hybridized carbons (Fsp3) is 0.364. The summed E-state index contributed by atoms with van der Waals surface area (Å²) < 4.78 is 7.93. The lowest BCUT2D eigenvalue weighted by atomic mass is 9.44. The number of aromatic nitrogens is 2. The van der Waals surface area contributed by atoms with Crippen LogP contribution in [0.15, 0.2) is 42.6 Å². The molecule has 4 aliphatic rings. The molecule has 0 spiro atoms. The van der Waals surface area contributed by atoms with E-state index in [1.807, 2.05) is 24.4 Å². The van der Waals surface area contributed by atoms with Crippen molar-refractivity contribution in [1.82, 2.24) is 15.1 Å². The standard InChI is InChI=1S/C22H19Cl2N3O3/c23-13-1-3-16-12(5-13)8-25-27(16)22-9-21(10-22,11-22)26-20(29)19-7-17(28)15-6-14(24)2-4-18(15)30-19/h1-6,8,17,19,28H,7,9-11H2,(H,26,29)/t17-,19-,21?,22?/m1/s1. The largest absolute Gasteiger partial charge is 0.480 e. The van der Waals surface area contributed by atoms with Crippen molar-refractivity contribution in [3.63, 3.8) is 0 Å². The zero-order valence-corrected chi connectivity index (χ0v) is 17.5. The highest BCUT2D eigenvalue weighted by atomic mass is 35.5. The van der Waals surface area contributed by atoms with Gasteiger partial charge in [-0.05, 0) is 55.7 Å². The van der Waals surface area contributed by atoms with Crippen LogP contribution in [0, 0.1) is 0 Å². The molecule has 2 aromatic carbocycles. The number of hydrogen-bond donors (Lipinski definition) is 2. The molecule has 30 heavy (non-hydrogen) atoms. The van der Waals surface area contributed by atoms with Crippen molar-refractivity contribution >= 4 is 40.0 Å². The zero-order valence-electron chi connectivity index (χ0n) is 15.9. The van der Waals surface area contributed by atoms with Gasteiger partial charge in [0.1, 0.15) is 5.75 Å². The molecule has 6 nitrogen and oxygen atoms in total. The normalized spacial score (nSPS) is 31.3. The maximum atomic E-state index is 12.9. The third kappa shape index (κ3) is 2.60. The highest BCUT2D eigenvalue weighted by Gasteiger charge is 2.70. The molecular formula is C22H19Cl2N3O3. The lowest BCUT2D eigenvalue weighted by Crippen LogP contribution is -2.79. The summed E-state index contributed by atoms with van der Waals surface area (Å²) in [5.41, 5.74) is 1.44.